The molecule has 3 saturated heterocycles. The van der Waals surface area contributed by atoms with Gasteiger partial charge < -0.3 is 34.4 Å². The molecule has 6 rings (SSSR count). The third-order valence-electron chi connectivity index (χ3n) is 10.5. The molecule has 0 saturated carbocycles. The third kappa shape index (κ3) is 8.51. The molecule has 21 nitrogen and oxygen atoms in total. The van der Waals surface area contributed by atoms with Gasteiger partial charge >= 0.3 is 18.2 Å². The number of benzene rings is 2. The van der Waals surface area contributed by atoms with Crippen LogP contribution in [0.3, 0.4) is 0 Å². The van der Waals surface area contributed by atoms with Crippen LogP contribution in [0.2, 0.25) is 0 Å². The maximum Gasteiger partial charge on any atom is 0.414 e. The van der Waals surface area contributed by atoms with Gasteiger partial charge in [0.05, 0.1) is 27.9 Å². The average Bonchev–Trinajstić information content (AvgIpc) is 3.72. The van der Waals surface area contributed by atoms with Crippen LogP contribution in [-0.4, -0.2) is 132 Å². The zero-order chi connectivity index (χ0) is 42.0. The number of carboxylic acids is 1. The zero-order valence-electron chi connectivity index (χ0n) is 31.2. The van der Waals surface area contributed by atoms with Crippen molar-refractivity contribution >= 4 is 59.1 Å². The molecule has 0 unspecified atom stereocenters. The van der Waals surface area contributed by atoms with Crippen molar-refractivity contribution in [3.63, 3.8) is 0 Å². The molecule has 4 amide bonds. The number of nitrogens with zero attached hydrogens (tertiary/aromatic N) is 6. The standard InChI is InChI=1S/C36H40N8O13S/c1-19-28-27(20(2)45)32(47)42(28)29(33(48)49)30(19)58-25-15-26(41(16-25)36(51)57-18-22-5-9-24(10-6-22)44(54)55)31(46)39-11-13-40(14-12-39)34(37)38-35(50)56-17-21-3-7-23(8-4-21)43(52)53/h3-10,19-20,25-28,45H,11-18H2,1-2H3,(H,48,49)(H2,37,38,50)/t19-,20-,25+,26+,27-,28-/m1/s1. The number of aliphatic hydroxyl groups excluding tert-OH is 1. The van der Waals surface area contributed by atoms with E-state index in [0.717, 1.165) is 0 Å². The van der Waals surface area contributed by atoms with E-state index in [9.17, 15) is 54.4 Å². The number of β-lactam (4-membered cyclic amide) rings is 1. The van der Waals surface area contributed by atoms with Crippen molar-refractivity contribution in [3.8, 4) is 0 Å². The number of amides is 4. The number of fused-ring (bicyclic) bond motifs is 1. The van der Waals surface area contributed by atoms with Crippen LogP contribution in [-0.2, 0) is 37.1 Å². The second-order valence-corrected chi connectivity index (χ2v) is 15.5. The Morgan fingerprint density at radius 2 is 1.47 bits per heavy atom. The first-order chi connectivity index (χ1) is 27.5. The summed E-state index contributed by atoms with van der Waals surface area (Å²) >= 11 is 1.17. The minimum Gasteiger partial charge on any atom is -0.477 e. The number of alkyl carbamates (subject to hydrolysis) is 1. The Morgan fingerprint density at radius 1 is 0.931 bits per heavy atom. The number of likely N-dealkylation sites (tertiary alicyclic amines) is 1. The summed E-state index contributed by atoms with van der Waals surface area (Å²) in [5, 5.41) is 52.5. The summed E-state index contributed by atoms with van der Waals surface area (Å²) in [6.07, 6.45) is -2.65. The van der Waals surface area contributed by atoms with Gasteiger partial charge in [-0.1, -0.05) is 6.92 Å². The van der Waals surface area contributed by atoms with E-state index < -0.39 is 75.1 Å². The number of non-ortho nitro benzene ring substituents is 2. The number of piperazine rings is 1. The summed E-state index contributed by atoms with van der Waals surface area (Å²) < 4.78 is 10.7. The second-order valence-electron chi connectivity index (χ2n) is 14.2. The second kappa shape index (κ2) is 17.1. The van der Waals surface area contributed by atoms with Gasteiger partial charge in [0.2, 0.25) is 17.8 Å². The van der Waals surface area contributed by atoms with E-state index >= 15 is 0 Å². The first-order valence-electron chi connectivity index (χ1n) is 18.2. The summed E-state index contributed by atoms with van der Waals surface area (Å²) in [4.78, 5) is 92.2. The molecule has 4 heterocycles. The summed E-state index contributed by atoms with van der Waals surface area (Å²) in [5.41, 5.74) is 0.514. The number of thioether (sulfide) groups is 1. The number of carbonyl (C=O) groups is 5. The lowest BCUT2D eigenvalue weighted by Crippen LogP contribution is -2.63. The van der Waals surface area contributed by atoms with Crippen molar-refractivity contribution in [3.05, 3.63) is 90.5 Å². The first-order valence-corrected chi connectivity index (χ1v) is 19.0. The molecule has 4 aliphatic heterocycles. The highest BCUT2D eigenvalue weighted by Crippen LogP contribution is 2.52. The lowest BCUT2D eigenvalue weighted by molar-refractivity contribution is -0.385. The summed E-state index contributed by atoms with van der Waals surface area (Å²) in [7, 11) is 0. The minimum absolute atomic E-state index is 0.0156. The van der Waals surface area contributed by atoms with Crippen LogP contribution in [0.4, 0.5) is 21.0 Å². The highest BCUT2D eigenvalue weighted by molar-refractivity contribution is 8.03. The van der Waals surface area contributed by atoms with E-state index in [0.29, 0.717) is 16.0 Å². The van der Waals surface area contributed by atoms with Gasteiger partial charge in [0, 0.05) is 73.1 Å². The molecule has 0 spiro atoms. The molecule has 3 fully saturated rings. The Labute approximate surface area is 334 Å². The van der Waals surface area contributed by atoms with Crippen molar-refractivity contribution in [1.29, 1.82) is 5.41 Å². The molecule has 0 aromatic heterocycles. The van der Waals surface area contributed by atoms with E-state index in [4.69, 9.17) is 14.9 Å². The smallest absolute Gasteiger partial charge is 0.414 e. The van der Waals surface area contributed by atoms with E-state index in [1.807, 2.05) is 0 Å². The molecule has 4 aliphatic rings. The molecule has 2 aromatic carbocycles. The quantitative estimate of drug-likeness (QED) is 0.0833. The van der Waals surface area contributed by atoms with Crippen molar-refractivity contribution < 1.29 is 53.5 Å². The maximum atomic E-state index is 14.1. The molecule has 22 heteroatoms. The van der Waals surface area contributed by atoms with Crippen molar-refractivity contribution in [1.82, 2.24) is 24.9 Å². The predicted octanol–water partition coefficient (Wildman–Crippen LogP) is 2.47. The summed E-state index contributed by atoms with van der Waals surface area (Å²) in [5.74, 6) is -3.70. The molecule has 0 bridgehead atoms. The van der Waals surface area contributed by atoms with Crippen LogP contribution in [0, 0.1) is 37.5 Å². The number of hydrogen-bond acceptors (Lipinski definition) is 14. The molecule has 0 aliphatic carbocycles. The Hall–Kier alpha value is -6.29. The van der Waals surface area contributed by atoms with Gasteiger partial charge in [-0.15, -0.1) is 11.8 Å². The van der Waals surface area contributed by atoms with Gasteiger partial charge in [-0.05, 0) is 48.7 Å². The van der Waals surface area contributed by atoms with Crippen LogP contribution >= 0.6 is 11.8 Å². The Kier molecular flexibility index (Phi) is 12.2. The molecule has 308 valence electrons. The highest BCUT2D eigenvalue weighted by atomic mass is 32.2. The average molecular weight is 825 g/mol. The lowest BCUT2D eigenvalue weighted by atomic mass is 9.79. The van der Waals surface area contributed by atoms with Gasteiger partial charge in [0.15, 0.2) is 0 Å². The van der Waals surface area contributed by atoms with Crippen molar-refractivity contribution in [2.24, 2.45) is 11.8 Å². The van der Waals surface area contributed by atoms with Gasteiger partial charge in [-0.25, -0.2) is 14.4 Å². The number of guanidine groups is 1. The Morgan fingerprint density at radius 3 is 1.98 bits per heavy atom. The largest absolute Gasteiger partial charge is 0.477 e. The number of aliphatic carboxylic acids is 1. The topological polar surface area (TPSA) is 279 Å². The fourth-order valence-corrected chi connectivity index (χ4v) is 9.08. The fraction of sp³-hybridized carbons (Fsp3) is 0.444. The van der Waals surface area contributed by atoms with E-state index in [2.05, 4.69) is 5.32 Å². The van der Waals surface area contributed by atoms with E-state index in [1.54, 1.807) is 6.92 Å². The first kappa shape index (κ1) is 41.3. The number of aliphatic hydroxyl groups is 1. The molecule has 0 radical (unpaired) electrons. The number of nitrogens with one attached hydrogen (secondary N) is 2. The Balaban J connectivity index is 1.10. The minimum atomic E-state index is -1.31. The van der Waals surface area contributed by atoms with Crippen LogP contribution in [0.15, 0.2) is 59.1 Å². The molecule has 2 aromatic rings. The summed E-state index contributed by atoms with van der Waals surface area (Å²) in [6, 6.07) is 9.26. The number of rotatable bonds is 11. The molecule has 58 heavy (non-hydrogen) atoms. The third-order valence-corrected chi connectivity index (χ3v) is 12.0. The number of nitro benzene ring substituents is 2. The number of nitro groups is 2. The monoisotopic (exact) mass is 824 g/mol. The van der Waals surface area contributed by atoms with Crippen molar-refractivity contribution in [2.45, 2.75) is 56.9 Å². The van der Waals surface area contributed by atoms with Crippen LogP contribution in [0.1, 0.15) is 31.4 Å². The predicted molar refractivity (Wildman–Crippen MR) is 202 cm³/mol. The number of carbonyl (C=O) groups excluding carboxylic acids is 4. The fourth-order valence-electron chi connectivity index (χ4n) is 7.55. The molecule has 4 N–H and O–H groups in total. The van der Waals surface area contributed by atoms with Crippen LogP contribution in [0.5, 0.6) is 0 Å². The number of carboxylic acid groups (broad SMARTS) is 1. The Bertz CT molecular complexity index is 2040. The van der Waals surface area contributed by atoms with Crippen LogP contribution in [0.25, 0.3) is 0 Å². The SMILES string of the molecule is C[C@@H](O)[C@H]1C(=O)N2C(C(=O)O)=C(S[C@H]3C[C@@H](C(=O)N4CCN(C(=N)NC(=O)OCc5ccc([N+](=O)[O-])cc5)CC4)N(C(=O)OCc4ccc([N+](=O)[O-])cc4)C3)[C@H](C)[C@H]12. The van der Waals surface area contributed by atoms with Crippen LogP contribution < -0.4 is 5.32 Å². The number of hydrogen-bond donors (Lipinski definition) is 4. The van der Waals surface area contributed by atoms with Gasteiger partial charge in [-0.3, -0.25) is 45.4 Å². The molecular formula is C36H40N8O13S. The summed E-state index contributed by atoms with van der Waals surface area (Å²) in [6.45, 7) is 3.31. The normalized spacial score (nSPS) is 23.2. The van der Waals surface area contributed by atoms with E-state index in [1.165, 1.54) is 86.8 Å². The highest BCUT2D eigenvalue weighted by Gasteiger charge is 2.60. The van der Waals surface area contributed by atoms with Crippen molar-refractivity contribution in [2.75, 3.05) is 32.7 Å². The van der Waals surface area contributed by atoms with E-state index in [-0.39, 0.29) is 75.4 Å². The van der Waals surface area contributed by atoms with Gasteiger partial charge in [0.25, 0.3) is 11.4 Å². The maximum absolute atomic E-state index is 14.1. The zero-order valence-corrected chi connectivity index (χ0v) is 32.0. The lowest BCUT2D eigenvalue weighted by Gasteiger charge is -2.46. The molecular weight excluding hydrogens is 785 g/mol. The van der Waals surface area contributed by atoms with Gasteiger partial charge in [-0.2, -0.15) is 0 Å². The molecule has 6 atom stereocenters. The number of ether oxygens (including phenoxy) is 2. The van der Waals surface area contributed by atoms with Gasteiger partial charge in [0.1, 0.15) is 25.0 Å².